The van der Waals surface area contributed by atoms with E-state index in [1.807, 2.05) is 13.8 Å². The van der Waals surface area contributed by atoms with Crippen LogP contribution in [0.3, 0.4) is 0 Å². The highest BCUT2D eigenvalue weighted by molar-refractivity contribution is 5.97. The number of nitrogens with zero attached hydrogens (tertiary/aromatic N) is 1. The number of carbonyl (C=O) groups is 2. The summed E-state index contributed by atoms with van der Waals surface area (Å²) in [7, 11) is 0. The summed E-state index contributed by atoms with van der Waals surface area (Å²) in [5, 5.41) is 2.87. The summed E-state index contributed by atoms with van der Waals surface area (Å²) in [6.07, 6.45) is 3.84. The first-order valence-corrected chi connectivity index (χ1v) is 8.24. The summed E-state index contributed by atoms with van der Waals surface area (Å²) < 4.78 is 5.85. The summed E-state index contributed by atoms with van der Waals surface area (Å²) in [4.78, 5) is 26.9. The molecular weight excluding hydrogens is 268 g/mol. The molecule has 2 fully saturated rings. The predicted octanol–water partition coefficient (Wildman–Crippen LogP) is 1.71. The molecule has 5 atom stereocenters. The minimum absolute atomic E-state index is 0.0122. The van der Waals surface area contributed by atoms with Crippen LogP contribution in [0.4, 0.5) is 0 Å². The second-order valence-corrected chi connectivity index (χ2v) is 6.44. The van der Waals surface area contributed by atoms with Crippen LogP contribution in [-0.2, 0) is 14.3 Å². The van der Waals surface area contributed by atoms with E-state index in [4.69, 9.17) is 4.74 Å². The largest absolute Gasteiger partial charge is 0.373 e. The number of hydrogen-bond acceptors (Lipinski definition) is 3. The van der Waals surface area contributed by atoms with E-state index in [1.54, 1.807) is 4.90 Å². The molecule has 2 saturated heterocycles. The lowest BCUT2D eigenvalue weighted by Crippen LogP contribution is -2.65. The first-order chi connectivity index (χ1) is 9.97. The van der Waals surface area contributed by atoms with Gasteiger partial charge in [-0.25, -0.2) is 0 Å². The second kappa shape index (κ2) is 6.77. The maximum Gasteiger partial charge on any atom is 0.245 e. The number of ether oxygens (including phenoxy) is 1. The molecule has 2 aliphatic rings. The van der Waals surface area contributed by atoms with Gasteiger partial charge in [0.25, 0.3) is 0 Å². The van der Waals surface area contributed by atoms with Gasteiger partial charge in [0, 0.05) is 6.54 Å². The van der Waals surface area contributed by atoms with Crippen LogP contribution in [0.2, 0.25) is 0 Å². The average Bonchev–Trinajstić information content (AvgIpc) is 2.87. The maximum absolute atomic E-state index is 12.7. The third-order valence-electron chi connectivity index (χ3n) is 4.81. The summed E-state index contributed by atoms with van der Waals surface area (Å²) in [5.41, 5.74) is 0. The van der Waals surface area contributed by atoms with Crippen LogP contribution in [0.15, 0.2) is 0 Å². The van der Waals surface area contributed by atoms with Crippen molar-refractivity contribution in [3.8, 4) is 0 Å². The van der Waals surface area contributed by atoms with Gasteiger partial charge in [-0.15, -0.1) is 0 Å². The van der Waals surface area contributed by atoms with Gasteiger partial charge in [0.05, 0.1) is 12.2 Å². The zero-order valence-electron chi connectivity index (χ0n) is 13.6. The van der Waals surface area contributed by atoms with E-state index in [0.29, 0.717) is 13.0 Å². The first kappa shape index (κ1) is 16.3. The number of nitrogens with one attached hydrogen (secondary N) is 1. The second-order valence-electron chi connectivity index (χ2n) is 6.44. The van der Waals surface area contributed by atoms with Crippen molar-refractivity contribution in [2.75, 3.05) is 6.54 Å². The van der Waals surface area contributed by atoms with Crippen molar-refractivity contribution < 1.29 is 14.3 Å². The van der Waals surface area contributed by atoms with E-state index in [1.165, 1.54) is 0 Å². The van der Waals surface area contributed by atoms with Crippen LogP contribution in [0.5, 0.6) is 0 Å². The molecule has 2 amide bonds. The normalized spacial score (nSPS) is 35.0. The molecule has 2 aliphatic heterocycles. The Kier molecular flexibility index (Phi) is 5.25. The fourth-order valence-corrected chi connectivity index (χ4v) is 3.31. The lowest BCUT2D eigenvalue weighted by molar-refractivity contribution is -0.153. The van der Waals surface area contributed by atoms with E-state index >= 15 is 0 Å². The summed E-state index contributed by atoms with van der Waals surface area (Å²) >= 11 is 0. The van der Waals surface area contributed by atoms with Gasteiger partial charge in [0.15, 0.2) is 0 Å². The Labute approximate surface area is 127 Å². The van der Waals surface area contributed by atoms with Gasteiger partial charge >= 0.3 is 0 Å². The van der Waals surface area contributed by atoms with Crippen LogP contribution >= 0.6 is 0 Å². The number of piperazine rings is 1. The Morgan fingerprint density at radius 2 is 2.05 bits per heavy atom. The average molecular weight is 296 g/mol. The number of carbonyl (C=O) groups excluding carboxylic acids is 2. The summed E-state index contributed by atoms with van der Waals surface area (Å²) in [6.45, 7) is 8.63. The molecule has 0 aromatic heterocycles. The van der Waals surface area contributed by atoms with Crippen molar-refractivity contribution in [2.24, 2.45) is 5.92 Å². The van der Waals surface area contributed by atoms with Crippen LogP contribution in [-0.4, -0.2) is 47.6 Å². The van der Waals surface area contributed by atoms with Crippen molar-refractivity contribution in [3.63, 3.8) is 0 Å². The molecule has 0 aromatic carbocycles. The van der Waals surface area contributed by atoms with Gasteiger partial charge in [-0.3, -0.25) is 9.59 Å². The maximum atomic E-state index is 12.7. The molecule has 2 heterocycles. The van der Waals surface area contributed by atoms with Crippen molar-refractivity contribution in [3.05, 3.63) is 0 Å². The van der Waals surface area contributed by atoms with E-state index in [9.17, 15) is 9.59 Å². The van der Waals surface area contributed by atoms with Crippen LogP contribution in [0, 0.1) is 5.92 Å². The van der Waals surface area contributed by atoms with Gasteiger partial charge in [-0.1, -0.05) is 27.2 Å². The fourth-order valence-electron chi connectivity index (χ4n) is 3.31. The van der Waals surface area contributed by atoms with Gasteiger partial charge in [0.1, 0.15) is 12.1 Å². The van der Waals surface area contributed by atoms with Gasteiger partial charge in [-0.05, 0) is 32.1 Å². The molecule has 5 unspecified atom stereocenters. The third-order valence-corrected chi connectivity index (χ3v) is 4.81. The standard InChI is InChI=1S/C16H28N2O3/c1-5-10(3)14-15(19)17-13(6-2)16(20)18(14)9-12-8-7-11(4)21-12/h10-14H,5-9H2,1-4H3,(H,17,19). The van der Waals surface area contributed by atoms with Gasteiger partial charge in [-0.2, -0.15) is 0 Å². The topological polar surface area (TPSA) is 58.6 Å². The smallest absolute Gasteiger partial charge is 0.245 e. The van der Waals surface area contributed by atoms with Gasteiger partial charge < -0.3 is 15.0 Å². The van der Waals surface area contributed by atoms with Gasteiger partial charge in [0.2, 0.25) is 11.8 Å². The van der Waals surface area contributed by atoms with Crippen molar-refractivity contribution >= 4 is 11.8 Å². The molecule has 0 spiro atoms. The minimum atomic E-state index is -0.378. The lowest BCUT2D eigenvalue weighted by Gasteiger charge is -2.42. The molecular formula is C16H28N2O3. The summed E-state index contributed by atoms with van der Waals surface area (Å²) in [5.74, 6) is 0.193. The molecule has 2 rings (SSSR count). The molecule has 120 valence electrons. The van der Waals surface area contributed by atoms with E-state index < -0.39 is 0 Å². The van der Waals surface area contributed by atoms with Crippen molar-refractivity contribution in [1.29, 1.82) is 0 Å². The van der Waals surface area contributed by atoms with Crippen LogP contribution in [0.1, 0.15) is 53.4 Å². The molecule has 5 nitrogen and oxygen atoms in total. The third kappa shape index (κ3) is 3.39. The van der Waals surface area contributed by atoms with Crippen molar-refractivity contribution in [1.82, 2.24) is 10.2 Å². The number of rotatable bonds is 5. The molecule has 0 aromatic rings. The highest BCUT2D eigenvalue weighted by Crippen LogP contribution is 2.25. The number of amides is 2. The molecule has 0 radical (unpaired) electrons. The van der Waals surface area contributed by atoms with Crippen molar-refractivity contribution in [2.45, 2.75) is 77.7 Å². The highest BCUT2D eigenvalue weighted by atomic mass is 16.5. The molecule has 5 heteroatoms. The highest BCUT2D eigenvalue weighted by Gasteiger charge is 2.43. The first-order valence-electron chi connectivity index (χ1n) is 8.24. The Hall–Kier alpha value is -1.10. The van der Waals surface area contributed by atoms with E-state index in [0.717, 1.165) is 19.3 Å². The predicted molar refractivity (Wildman–Crippen MR) is 80.7 cm³/mol. The molecule has 1 N–H and O–H groups in total. The minimum Gasteiger partial charge on any atom is -0.373 e. The zero-order valence-corrected chi connectivity index (χ0v) is 13.6. The SMILES string of the molecule is CCC1NC(=O)C(C(C)CC)N(CC2CCC(C)O2)C1=O. The Balaban J connectivity index is 2.16. The van der Waals surface area contributed by atoms with Crippen LogP contribution < -0.4 is 5.32 Å². The lowest BCUT2D eigenvalue weighted by atomic mass is 9.92. The number of hydrogen-bond donors (Lipinski definition) is 1. The Bertz CT molecular complexity index is 399. The molecule has 0 aliphatic carbocycles. The molecule has 0 bridgehead atoms. The fraction of sp³-hybridized carbons (Fsp3) is 0.875. The van der Waals surface area contributed by atoms with E-state index in [-0.39, 0.29) is 42.0 Å². The zero-order chi connectivity index (χ0) is 15.6. The monoisotopic (exact) mass is 296 g/mol. The quantitative estimate of drug-likeness (QED) is 0.840. The Morgan fingerprint density at radius 1 is 1.33 bits per heavy atom. The van der Waals surface area contributed by atoms with E-state index in [2.05, 4.69) is 19.2 Å². The Morgan fingerprint density at radius 3 is 2.57 bits per heavy atom. The summed E-state index contributed by atoms with van der Waals surface area (Å²) in [6, 6.07) is -0.735. The van der Waals surface area contributed by atoms with Crippen LogP contribution in [0.25, 0.3) is 0 Å². The molecule has 0 saturated carbocycles. The molecule has 21 heavy (non-hydrogen) atoms.